The molecular weight excluding hydrogens is 278 g/mol. The number of nitrogens with zero attached hydrogens (tertiary/aromatic N) is 5. The van der Waals surface area contributed by atoms with Gasteiger partial charge in [-0.2, -0.15) is 5.10 Å². The van der Waals surface area contributed by atoms with E-state index in [4.69, 9.17) is 0 Å². The van der Waals surface area contributed by atoms with E-state index in [0.29, 0.717) is 0 Å². The second kappa shape index (κ2) is 6.46. The number of imidazole rings is 1. The second-order valence-corrected chi connectivity index (χ2v) is 5.99. The summed E-state index contributed by atoms with van der Waals surface area (Å²) >= 11 is 0. The number of piperidine rings is 1. The second-order valence-electron chi connectivity index (χ2n) is 5.99. The average Bonchev–Trinajstić information content (AvgIpc) is 3.15. The zero-order valence-corrected chi connectivity index (χ0v) is 13.0. The molecule has 6 nitrogen and oxygen atoms in total. The molecule has 118 valence electrons. The van der Waals surface area contributed by atoms with E-state index in [0.717, 1.165) is 38.3 Å². The molecule has 0 bridgehead atoms. The summed E-state index contributed by atoms with van der Waals surface area (Å²) in [4.78, 5) is 6.66. The van der Waals surface area contributed by atoms with Gasteiger partial charge < -0.3 is 9.67 Å². The Morgan fingerprint density at radius 1 is 1.55 bits per heavy atom. The molecule has 0 amide bonds. The number of aryl methyl sites for hydroxylation is 1. The highest BCUT2D eigenvalue weighted by Crippen LogP contribution is 2.29. The Hall–Kier alpha value is -1.92. The maximum absolute atomic E-state index is 10.6. The molecule has 22 heavy (non-hydrogen) atoms. The van der Waals surface area contributed by atoms with Gasteiger partial charge in [0.2, 0.25) is 0 Å². The lowest BCUT2D eigenvalue weighted by Gasteiger charge is -2.34. The minimum absolute atomic E-state index is 0.226. The minimum atomic E-state index is -0.501. The Bertz CT molecular complexity index is 632. The molecule has 3 heterocycles. The number of hydrogen-bond acceptors (Lipinski definition) is 4. The third-order valence-corrected chi connectivity index (χ3v) is 4.36. The molecule has 2 aromatic rings. The highest BCUT2D eigenvalue weighted by atomic mass is 16.3. The fourth-order valence-electron chi connectivity index (χ4n) is 3.18. The molecule has 0 spiro atoms. The van der Waals surface area contributed by atoms with Crippen LogP contribution in [0.2, 0.25) is 0 Å². The summed E-state index contributed by atoms with van der Waals surface area (Å²) in [6.07, 6.45) is 10.8. The van der Waals surface area contributed by atoms with Crippen molar-refractivity contribution >= 4 is 6.20 Å². The lowest BCUT2D eigenvalue weighted by atomic mass is 9.92. The smallest absolute Gasteiger partial charge is 0.137 e. The number of aliphatic hydroxyl groups is 1. The largest absolute Gasteiger partial charge is 0.385 e. The predicted molar refractivity (Wildman–Crippen MR) is 84.8 cm³/mol. The number of aliphatic hydroxyl groups excluding tert-OH is 1. The van der Waals surface area contributed by atoms with Crippen molar-refractivity contribution in [2.75, 3.05) is 13.1 Å². The molecule has 1 saturated heterocycles. The van der Waals surface area contributed by atoms with Crippen molar-refractivity contribution in [3.8, 4) is 0 Å². The topological polar surface area (TPSA) is 59.1 Å². The summed E-state index contributed by atoms with van der Waals surface area (Å²) < 4.78 is 3.62. The molecule has 0 aliphatic carbocycles. The van der Waals surface area contributed by atoms with Crippen molar-refractivity contribution < 1.29 is 5.11 Å². The summed E-state index contributed by atoms with van der Waals surface area (Å²) in [5.74, 6) is 0.982. The summed E-state index contributed by atoms with van der Waals surface area (Å²) in [5, 5.41) is 14.8. The molecule has 1 fully saturated rings. The van der Waals surface area contributed by atoms with E-state index in [2.05, 4.69) is 21.6 Å². The fourth-order valence-corrected chi connectivity index (χ4v) is 3.18. The highest BCUT2D eigenvalue weighted by Gasteiger charge is 2.29. The molecule has 3 rings (SSSR count). The first-order valence-corrected chi connectivity index (χ1v) is 7.70. The summed E-state index contributed by atoms with van der Waals surface area (Å²) in [6.45, 7) is 6.51. The third-order valence-electron chi connectivity index (χ3n) is 4.36. The normalized spacial score (nSPS) is 20.9. The molecule has 0 saturated carbocycles. The molecule has 1 aliphatic heterocycles. The Balaban J connectivity index is 1.63. The van der Waals surface area contributed by atoms with Crippen molar-refractivity contribution in [3.63, 3.8) is 0 Å². The van der Waals surface area contributed by atoms with Gasteiger partial charge in [-0.1, -0.05) is 6.58 Å². The van der Waals surface area contributed by atoms with Crippen LogP contribution in [-0.4, -0.2) is 42.4 Å². The van der Waals surface area contributed by atoms with Gasteiger partial charge in [0, 0.05) is 56.4 Å². The van der Waals surface area contributed by atoms with Crippen LogP contribution >= 0.6 is 0 Å². The highest BCUT2D eigenvalue weighted by molar-refractivity contribution is 5.17. The van der Waals surface area contributed by atoms with Crippen molar-refractivity contribution in [1.29, 1.82) is 0 Å². The van der Waals surface area contributed by atoms with Crippen LogP contribution in [0.5, 0.6) is 0 Å². The van der Waals surface area contributed by atoms with Gasteiger partial charge in [0.1, 0.15) is 11.9 Å². The molecule has 0 unspecified atom stereocenters. The number of rotatable bonds is 5. The Morgan fingerprint density at radius 2 is 2.41 bits per heavy atom. The van der Waals surface area contributed by atoms with E-state index in [9.17, 15) is 5.11 Å². The van der Waals surface area contributed by atoms with E-state index >= 15 is 0 Å². The van der Waals surface area contributed by atoms with E-state index < -0.39 is 6.10 Å². The first-order chi connectivity index (χ1) is 10.7. The van der Waals surface area contributed by atoms with Gasteiger partial charge in [-0.25, -0.2) is 9.67 Å². The predicted octanol–water partition coefficient (Wildman–Crippen LogP) is 1.66. The van der Waals surface area contributed by atoms with Crippen LogP contribution in [0.15, 0.2) is 31.4 Å². The molecule has 1 N–H and O–H groups in total. The van der Waals surface area contributed by atoms with Crippen LogP contribution < -0.4 is 0 Å². The number of hydrogen-bond donors (Lipinski definition) is 1. The standard InChI is InChI=1S/C16H23N5O/c1-3-21-11-13(9-18-21)10-20-7-4-5-14(12-20)15(22)16-17-6-8-19(16)2/h3,6,8-9,11,14-15,22H,1,4-5,7,10,12H2,2H3/t14-,15+/m0/s1. The van der Waals surface area contributed by atoms with Gasteiger partial charge in [0.25, 0.3) is 0 Å². The van der Waals surface area contributed by atoms with Crippen LogP contribution in [0.1, 0.15) is 30.3 Å². The Labute approximate surface area is 130 Å². The van der Waals surface area contributed by atoms with Gasteiger partial charge in [0.15, 0.2) is 0 Å². The molecule has 1 aliphatic rings. The third kappa shape index (κ3) is 3.13. The maximum atomic E-state index is 10.6. The minimum Gasteiger partial charge on any atom is -0.385 e. The van der Waals surface area contributed by atoms with Gasteiger partial charge in [-0.15, -0.1) is 0 Å². The molecule has 2 aromatic heterocycles. The fraction of sp³-hybridized carbons (Fsp3) is 0.500. The van der Waals surface area contributed by atoms with Crippen LogP contribution in [0, 0.1) is 5.92 Å². The van der Waals surface area contributed by atoms with Crippen LogP contribution in [0.3, 0.4) is 0 Å². The van der Waals surface area contributed by atoms with Crippen molar-refractivity contribution in [2.24, 2.45) is 13.0 Å². The zero-order chi connectivity index (χ0) is 15.5. The summed E-state index contributed by atoms with van der Waals surface area (Å²) in [5.41, 5.74) is 1.17. The first-order valence-electron chi connectivity index (χ1n) is 7.70. The SMILES string of the molecule is C=Cn1cc(CN2CCC[C@H]([C@@H](O)c3nccn3C)C2)cn1. The van der Waals surface area contributed by atoms with Gasteiger partial charge in [0.05, 0.1) is 6.20 Å². The zero-order valence-electron chi connectivity index (χ0n) is 13.0. The van der Waals surface area contributed by atoms with Crippen molar-refractivity contribution in [1.82, 2.24) is 24.2 Å². The quantitative estimate of drug-likeness (QED) is 0.912. The monoisotopic (exact) mass is 301 g/mol. The van der Waals surface area contributed by atoms with Crippen molar-refractivity contribution in [3.05, 3.63) is 42.8 Å². The van der Waals surface area contributed by atoms with E-state index in [1.165, 1.54) is 5.56 Å². The van der Waals surface area contributed by atoms with Crippen LogP contribution in [-0.2, 0) is 13.6 Å². The Kier molecular flexibility index (Phi) is 4.40. The van der Waals surface area contributed by atoms with E-state index in [-0.39, 0.29) is 5.92 Å². The van der Waals surface area contributed by atoms with Gasteiger partial charge in [-0.3, -0.25) is 4.90 Å². The van der Waals surface area contributed by atoms with Crippen LogP contribution in [0.25, 0.3) is 6.20 Å². The van der Waals surface area contributed by atoms with E-state index in [1.54, 1.807) is 17.1 Å². The lowest BCUT2D eigenvalue weighted by Crippen LogP contribution is -2.37. The summed E-state index contributed by atoms with van der Waals surface area (Å²) in [7, 11) is 1.93. The molecule has 2 atom stereocenters. The van der Waals surface area contributed by atoms with E-state index in [1.807, 2.05) is 30.2 Å². The molecule has 0 radical (unpaired) electrons. The van der Waals surface area contributed by atoms with Crippen molar-refractivity contribution in [2.45, 2.75) is 25.5 Å². The molecule has 6 heteroatoms. The van der Waals surface area contributed by atoms with Gasteiger partial charge in [-0.05, 0) is 19.4 Å². The average molecular weight is 301 g/mol. The number of likely N-dealkylation sites (tertiary alicyclic amines) is 1. The molecular formula is C16H23N5O. The molecule has 0 aromatic carbocycles. The van der Waals surface area contributed by atoms with Crippen LogP contribution in [0.4, 0.5) is 0 Å². The van der Waals surface area contributed by atoms with Gasteiger partial charge >= 0.3 is 0 Å². The first kappa shape index (κ1) is 15.0. The Morgan fingerprint density at radius 3 is 3.09 bits per heavy atom. The summed E-state index contributed by atoms with van der Waals surface area (Å²) in [6, 6.07) is 0. The lowest BCUT2D eigenvalue weighted by molar-refractivity contribution is 0.0405. The number of aromatic nitrogens is 4. The maximum Gasteiger partial charge on any atom is 0.137 e.